The van der Waals surface area contributed by atoms with E-state index in [2.05, 4.69) is 4.98 Å². The van der Waals surface area contributed by atoms with Crippen LogP contribution >= 0.6 is 11.6 Å². The van der Waals surface area contributed by atoms with Crippen molar-refractivity contribution < 1.29 is 9.66 Å². The van der Waals surface area contributed by atoms with Crippen LogP contribution in [0.25, 0.3) is 0 Å². The number of hydrogen-bond donors (Lipinski definition) is 1. The number of halogens is 1. The van der Waals surface area contributed by atoms with Crippen LogP contribution in [-0.2, 0) is 6.61 Å². The highest BCUT2D eigenvalue weighted by Crippen LogP contribution is 2.26. The molecule has 19 heavy (non-hydrogen) atoms. The summed E-state index contributed by atoms with van der Waals surface area (Å²) in [6.07, 6.45) is 0. The Balaban J connectivity index is 2.19. The molecule has 2 N–H and O–H groups in total. The van der Waals surface area contributed by atoms with Gasteiger partial charge in [0, 0.05) is 11.1 Å². The van der Waals surface area contributed by atoms with Crippen molar-refractivity contribution in [3.63, 3.8) is 0 Å². The van der Waals surface area contributed by atoms with E-state index in [4.69, 9.17) is 22.1 Å². The summed E-state index contributed by atoms with van der Waals surface area (Å²) in [5, 5.41) is 11.4. The molecule has 0 radical (unpaired) electrons. The fourth-order valence-corrected chi connectivity index (χ4v) is 1.68. The lowest BCUT2D eigenvalue weighted by molar-refractivity contribution is -0.386. The summed E-state index contributed by atoms with van der Waals surface area (Å²) in [6, 6.07) is 9.61. The maximum Gasteiger partial charge on any atom is 0.331 e. The zero-order chi connectivity index (χ0) is 13.8. The molecular weight excluding hydrogens is 270 g/mol. The van der Waals surface area contributed by atoms with Gasteiger partial charge in [-0.3, -0.25) is 10.1 Å². The number of hydrogen-bond acceptors (Lipinski definition) is 5. The number of nitro groups is 1. The van der Waals surface area contributed by atoms with Crippen LogP contribution in [0.4, 0.5) is 11.5 Å². The predicted molar refractivity (Wildman–Crippen MR) is 71.1 cm³/mol. The smallest absolute Gasteiger partial charge is 0.331 e. The van der Waals surface area contributed by atoms with Gasteiger partial charge in [0.25, 0.3) is 5.88 Å². The fraction of sp³-hybridized carbons (Fsp3) is 0.0833. The molecule has 0 aliphatic rings. The van der Waals surface area contributed by atoms with Gasteiger partial charge in [0.1, 0.15) is 12.4 Å². The molecule has 0 bridgehead atoms. The summed E-state index contributed by atoms with van der Waals surface area (Å²) >= 11 is 5.83. The van der Waals surface area contributed by atoms with Gasteiger partial charge in [-0.1, -0.05) is 23.7 Å². The number of benzene rings is 1. The summed E-state index contributed by atoms with van der Waals surface area (Å²) in [6.45, 7) is 0.123. The Bertz CT molecular complexity index is 619. The molecule has 2 rings (SSSR count). The Morgan fingerprint density at radius 2 is 2.16 bits per heavy atom. The summed E-state index contributed by atoms with van der Waals surface area (Å²) in [5.41, 5.74) is 6.04. The minimum atomic E-state index is -0.570. The monoisotopic (exact) mass is 279 g/mol. The van der Waals surface area contributed by atoms with E-state index >= 15 is 0 Å². The summed E-state index contributed by atoms with van der Waals surface area (Å²) < 4.78 is 5.33. The second-order valence-electron chi connectivity index (χ2n) is 3.74. The van der Waals surface area contributed by atoms with Gasteiger partial charge in [-0.15, -0.1) is 0 Å². The first-order valence-corrected chi connectivity index (χ1v) is 5.72. The van der Waals surface area contributed by atoms with E-state index in [0.717, 1.165) is 5.56 Å². The average molecular weight is 280 g/mol. The highest BCUT2D eigenvalue weighted by Gasteiger charge is 2.17. The third-order valence-corrected chi connectivity index (χ3v) is 2.56. The van der Waals surface area contributed by atoms with Gasteiger partial charge in [-0.05, 0) is 23.8 Å². The van der Waals surface area contributed by atoms with E-state index in [-0.39, 0.29) is 24.0 Å². The lowest BCUT2D eigenvalue weighted by Crippen LogP contribution is -2.03. The molecule has 1 aromatic heterocycles. The van der Waals surface area contributed by atoms with E-state index in [1.54, 1.807) is 24.3 Å². The molecule has 0 atom stereocenters. The highest BCUT2D eigenvalue weighted by molar-refractivity contribution is 6.30. The minimum Gasteiger partial charge on any atom is -0.468 e. The summed E-state index contributed by atoms with van der Waals surface area (Å²) in [5.74, 6) is 0.0525. The Kier molecular flexibility index (Phi) is 3.82. The first kappa shape index (κ1) is 13.1. The lowest BCUT2D eigenvalue weighted by Gasteiger charge is -2.06. The van der Waals surface area contributed by atoms with Crippen molar-refractivity contribution in [2.24, 2.45) is 0 Å². The maximum atomic E-state index is 10.8. The van der Waals surface area contributed by atoms with E-state index in [1.165, 1.54) is 12.1 Å². The van der Waals surface area contributed by atoms with Crippen molar-refractivity contribution in [1.29, 1.82) is 0 Å². The number of anilines is 1. The molecule has 0 spiro atoms. The lowest BCUT2D eigenvalue weighted by atomic mass is 10.2. The Hall–Kier alpha value is -2.34. The van der Waals surface area contributed by atoms with Crippen LogP contribution < -0.4 is 10.5 Å². The largest absolute Gasteiger partial charge is 0.468 e. The van der Waals surface area contributed by atoms with Gasteiger partial charge in [0.15, 0.2) is 0 Å². The molecule has 1 aromatic carbocycles. The van der Waals surface area contributed by atoms with Crippen molar-refractivity contribution >= 4 is 23.1 Å². The molecule has 98 valence electrons. The Morgan fingerprint density at radius 3 is 2.84 bits per heavy atom. The van der Waals surface area contributed by atoms with Crippen molar-refractivity contribution in [1.82, 2.24) is 4.98 Å². The molecule has 7 heteroatoms. The highest BCUT2D eigenvalue weighted by atomic mass is 35.5. The molecular formula is C12H10ClN3O3. The zero-order valence-electron chi connectivity index (χ0n) is 9.75. The van der Waals surface area contributed by atoms with Gasteiger partial charge in [-0.25, -0.2) is 0 Å². The summed E-state index contributed by atoms with van der Waals surface area (Å²) in [7, 11) is 0. The minimum absolute atomic E-state index is 0.107. The van der Waals surface area contributed by atoms with Gasteiger partial charge in [-0.2, -0.15) is 4.98 Å². The molecule has 0 unspecified atom stereocenters. The molecule has 0 aliphatic heterocycles. The third kappa shape index (κ3) is 3.32. The topological polar surface area (TPSA) is 91.3 Å². The van der Waals surface area contributed by atoms with Crippen LogP contribution in [0, 0.1) is 10.1 Å². The number of nitrogens with zero attached hydrogens (tertiary/aromatic N) is 2. The van der Waals surface area contributed by atoms with Gasteiger partial charge < -0.3 is 10.5 Å². The van der Waals surface area contributed by atoms with Crippen LogP contribution in [0.2, 0.25) is 5.02 Å². The van der Waals surface area contributed by atoms with Crippen molar-refractivity contribution in [3.05, 3.63) is 57.1 Å². The fourth-order valence-electron chi connectivity index (χ4n) is 1.47. The van der Waals surface area contributed by atoms with Crippen LogP contribution in [0.1, 0.15) is 5.56 Å². The van der Waals surface area contributed by atoms with Crippen molar-refractivity contribution in [2.45, 2.75) is 6.61 Å². The zero-order valence-corrected chi connectivity index (χ0v) is 10.5. The number of aromatic nitrogens is 1. The normalized spacial score (nSPS) is 10.2. The number of nitrogen functional groups attached to an aromatic ring is 1. The molecule has 2 aromatic rings. The van der Waals surface area contributed by atoms with Crippen LogP contribution in [0.15, 0.2) is 36.4 Å². The summed E-state index contributed by atoms with van der Waals surface area (Å²) in [4.78, 5) is 14.1. The van der Waals surface area contributed by atoms with Gasteiger partial charge >= 0.3 is 5.69 Å². The Labute approximate surface area is 113 Å². The molecule has 0 amide bonds. The van der Waals surface area contributed by atoms with Gasteiger partial charge in [0.2, 0.25) is 0 Å². The molecule has 1 heterocycles. The molecule has 6 nitrogen and oxygen atoms in total. The quantitative estimate of drug-likeness (QED) is 0.686. The SMILES string of the molecule is Nc1ccc([N+](=O)[O-])c(OCc2cccc(Cl)c2)n1. The second-order valence-corrected chi connectivity index (χ2v) is 4.17. The third-order valence-electron chi connectivity index (χ3n) is 2.32. The van der Waals surface area contributed by atoms with Crippen LogP contribution in [-0.4, -0.2) is 9.91 Å². The molecule has 0 saturated carbocycles. The maximum absolute atomic E-state index is 10.8. The van der Waals surface area contributed by atoms with Gasteiger partial charge in [0.05, 0.1) is 4.92 Å². The van der Waals surface area contributed by atoms with Crippen molar-refractivity contribution in [2.75, 3.05) is 5.73 Å². The standard InChI is InChI=1S/C12H10ClN3O3/c13-9-3-1-2-8(6-9)7-19-12-10(16(17)18)4-5-11(14)15-12/h1-6H,7H2,(H2,14,15). The van der Waals surface area contributed by atoms with Crippen molar-refractivity contribution in [3.8, 4) is 5.88 Å². The molecule has 0 aliphatic carbocycles. The number of ether oxygens (including phenoxy) is 1. The second kappa shape index (κ2) is 5.53. The number of rotatable bonds is 4. The van der Waals surface area contributed by atoms with E-state index in [0.29, 0.717) is 5.02 Å². The first-order chi connectivity index (χ1) is 9.06. The van der Waals surface area contributed by atoms with Crippen LogP contribution in [0.3, 0.4) is 0 Å². The van der Waals surface area contributed by atoms with E-state index in [1.807, 2.05) is 0 Å². The first-order valence-electron chi connectivity index (χ1n) is 5.34. The average Bonchev–Trinajstić information content (AvgIpc) is 2.36. The van der Waals surface area contributed by atoms with E-state index < -0.39 is 4.92 Å². The predicted octanol–water partition coefficient (Wildman–Crippen LogP) is 2.80. The number of pyridine rings is 1. The Morgan fingerprint density at radius 1 is 1.37 bits per heavy atom. The number of nitrogens with two attached hydrogens (primary N) is 1. The van der Waals surface area contributed by atoms with Crippen LogP contribution in [0.5, 0.6) is 5.88 Å². The molecule has 0 fully saturated rings. The van der Waals surface area contributed by atoms with E-state index in [9.17, 15) is 10.1 Å². The molecule has 0 saturated heterocycles.